The molecule has 1 aliphatic rings. The number of thiophene rings is 1. The molecule has 0 saturated carbocycles. The van der Waals surface area contributed by atoms with Crippen molar-refractivity contribution in [3.8, 4) is 10.4 Å². The van der Waals surface area contributed by atoms with E-state index in [2.05, 4.69) is 15.7 Å². The van der Waals surface area contributed by atoms with Crippen LogP contribution in [0.15, 0.2) is 41.5 Å². The van der Waals surface area contributed by atoms with E-state index in [0.29, 0.717) is 21.6 Å². The molecule has 4 rings (SSSR count). The molecule has 4 amide bonds. The molecule has 160 valence electrons. The number of imide groups is 1. The van der Waals surface area contributed by atoms with E-state index in [4.69, 9.17) is 0 Å². The number of carbonyl (C=O) groups excluding carboxylic acids is 3. The lowest BCUT2D eigenvalue weighted by Gasteiger charge is -2.19. The molecule has 3 aromatic rings. The number of rotatable bonds is 5. The fourth-order valence-electron chi connectivity index (χ4n) is 3.48. The number of nitrogens with one attached hydrogen (secondary N) is 2. The van der Waals surface area contributed by atoms with Crippen LogP contribution in [0.5, 0.6) is 0 Å². The second kappa shape index (κ2) is 7.62. The van der Waals surface area contributed by atoms with Crippen LogP contribution in [0.25, 0.3) is 20.7 Å². The maximum Gasteiger partial charge on any atom is 0.344 e. The van der Waals surface area contributed by atoms with E-state index in [1.54, 1.807) is 13.8 Å². The molecule has 31 heavy (non-hydrogen) atoms. The minimum Gasteiger partial charge on any atom is -0.322 e. The van der Waals surface area contributed by atoms with Crippen LogP contribution >= 0.6 is 11.3 Å². The Morgan fingerprint density at radius 1 is 1.23 bits per heavy atom. The lowest BCUT2D eigenvalue weighted by molar-refractivity contribution is -0.139. The molecule has 1 fully saturated rings. The Morgan fingerprint density at radius 3 is 2.58 bits per heavy atom. The number of hydrogen-bond acceptors (Lipinski definition) is 6. The maximum atomic E-state index is 13.0. The number of hydrazine groups is 1. The first kappa shape index (κ1) is 20.7. The highest BCUT2D eigenvalue weighted by Crippen LogP contribution is 2.35. The van der Waals surface area contributed by atoms with E-state index < -0.39 is 23.4 Å². The largest absolute Gasteiger partial charge is 0.344 e. The number of carbonyl (C=O) groups is 3. The number of aryl methyl sites for hydroxylation is 1. The van der Waals surface area contributed by atoms with Gasteiger partial charge in [0.1, 0.15) is 16.9 Å². The first-order chi connectivity index (χ1) is 14.7. The third-order valence-electron chi connectivity index (χ3n) is 5.47. The highest BCUT2D eigenvalue weighted by Gasteiger charge is 2.47. The van der Waals surface area contributed by atoms with Gasteiger partial charge in [-0.2, -0.15) is 5.01 Å². The van der Waals surface area contributed by atoms with Crippen molar-refractivity contribution in [2.24, 2.45) is 0 Å². The van der Waals surface area contributed by atoms with Gasteiger partial charge in [-0.3, -0.25) is 24.4 Å². The summed E-state index contributed by atoms with van der Waals surface area (Å²) in [5.41, 5.74) is 2.65. The van der Waals surface area contributed by atoms with Crippen LogP contribution in [-0.2, 0) is 16.1 Å². The summed E-state index contributed by atoms with van der Waals surface area (Å²) in [6, 6.07) is 9.00. The van der Waals surface area contributed by atoms with Crippen molar-refractivity contribution < 1.29 is 14.4 Å². The number of benzene rings is 1. The molecule has 1 atom stereocenters. The SMILES string of the molecule is CCC1(C)NC(=O)N(NC(=O)Cn2cnc3sc(-c4ccccc4)c(C)c3c2=O)C1=O. The summed E-state index contributed by atoms with van der Waals surface area (Å²) in [5, 5.41) is 3.66. The second-order valence-electron chi connectivity index (χ2n) is 7.57. The van der Waals surface area contributed by atoms with Crippen molar-refractivity contribution in [3.05, 3.63) is 52.6 Å². The van der Waals surface area contributed by atoms with E-state index in [1.165, 1.54) is 22.2 Å². The summed E-state index contributed by atoms with van der Waals surface area (Å²) in [6.07, 6.45) is 1.68. The third kappa shape index (κ3) is 3.48. The van der Waals surface area contributed by atoms with Crippen LogP contribution in [0.1, 0.15) is 25.8 Å². The van der Waals surface area contributed by atoms with Crippen LogP contribution < -0.4 is 16.3 Å². The van der Waals surface area contributed by atoms with Gasteiger partial charge in [0.15, 0.2) is 0 Å². The van der Waals surface area contributed by atoms with Crippen molar-refractivity contribution in [2.45, 2.75) is 39.3 Å². The van der Waals surface area contributed by atoms with Crippen LogP contribution in [0.2, 0.25) is 0 Å². The van der Waals surface area contributed by atoms with Gasteiger partial charge in [-0.25, -0.2) is 9.78 Å². The predicted octanol–water partition coefficient (Wildman–Crippen LogP) is 2.19. The predicted molar refractivity (Wildman–Crippen MR) is 116 cm³/mol. The van der Waals surface area contributed by atoms with Crippen molar-refractivity contribution in [3.63, 3.8) is 0 Å². The van der Waals surface area contributed by atoms with Crippen LogP contribution in [0.3, 0.4) is 0 Å². The van der Waals surface area contributed by atoms with E-state index in [1.807, 2.05) is 37.3 Å². The smallest absolute Gasteiger partial charge is 0.322 e. The molecule has 3 heterocycles. The Morgan fingerprint density at radius 2 is 1.94 bits per heavy atom. The monoisotopic (exact) mass is 439 g/mol. The number of urea groups is 1. The van der Waals surface area contributed by atoms with E-state index in [0.717, 1.165) is 16.0 Å². The third-order valence-corrected chi connectivity index (χ3v) is 6.72. The zero-order valence-corrected chi connectivity index (χ0v) is 18.1. The molecular weight excluding hydrogens is 418 g/mol. The minimum atomic E-state index is -1.07. The van der Waals surface area contributed by atoms with Crippen LogP contribution in [0.4, 0.5) is 4.79 Å². The summed E-state index contributed by atoms with van der Waals surface area (Å²) in [6.45, 7) is 4.83. The van der Waals surface area contributed by atoms with Gasteiger partial charge in [-0.05, 0) is 31.4 Å². The Balaban J connectivity index is 1.59. The minimum absolute atomic E-state index is 0.355. The summed E-state index contributed by atoms with van der Waals surface area (Å²) in [5.74, 6) is -1.22. The van der Waals surface area contributed by atoms with Gasteiger partial charge in [-0.15, -0.1) is 11.3 Å². The van der Waals surface area contributed by atoms with Gasteiger partial charge in [0.25, 0.3) is 17.4 Å². The molecule has 1 aromatic carbocycles. The van der Waals surface area contributed by atoms with Crippen LogP contribution in [-0.4, -0.2) is 37.9 Å². The first-order valence-corrected chi connectivity index (χ1v) is 10.6. The topological polar surface area (TPSA) is 113 Å². The molecular formula is C21H21N5O4S. The Bertz CT molecular complexity index is 1270. The van der Waals surface area contributed by atoms with Crippen molar-refractivity contribution >= 4 is 39.4 Å². The fraction of sp³-hybridized carbons (Fsp3) is 0.286. The highest BCUT2D eigenvalue weighted by atomic mass is 32.1. The first-order valence-electron chi connectivity index (χ1n) is 9.75. The summed E-state index contributed by atoms with van der Waals surface area (Å²) < 4.78 is 1.17. The van der Waals surface area contributed by atoms with Crippen molar-refractivity contribution in [1.29, 1.82) is 0 Å². The average Bonchev–Trinajstić information content (AvgIpc) is 3.20. The Kier molecular flexibility index (Phi) is 5.10. The number of amides is 4. The van der Waals surface area contributed by atoms with E-state index in [-0.39, 0.29) is 12.1 Å². The lowest BCUT2D eigenvalue weighted by atomic mass is 10.00. The van der Waals surface area contributed by atoms with Gasteiger partial charge in [0.2, 0.25) is 0 Å². The number of hydrogen-bond donors (Lipinski definition) is 2. The quantitative estimate of drug-likeness (QED) is 0.592. The standard InChI is InChI=1S/C21H21N5O4S/c1-4-21(3)19(29)26(20(30)23-21)24-14(27)10-25-11-22-17-15(18(25)28)12(2)16(31-17)13-8-6-5-7-9-13/h5-9,11H,4,10H2,1-3H3,(H,23,30)(H,24,27). The van der Waals surface area contributed by atoms with Gasteiger partial charge >= 0.3 is 6.03 Å². The summed E-state index contributed by atoms with van der Waals surface area (Å²) >= 11 is 1.42. The molecule has 0 aliphatic carbocycles. The molecule has 10 heteroatoms. The van der Waals surface area contributed by atoms with Gasteiger partial charge in [0, 0.05) is 4.88 Å². The maximum absolute atomic E-state index is 13.0. The zero-order chi connectivity index (χ0) is 22.3. The van der Waals surface area contributed by atoms with Crippen molar-refractivity contribution in [1.82, 2.24) is 25.3 Å². The number of fused-ring (bicyclic) bond motifs is 1. The molecule has 0 bridgehead atoms. The molecule has 0 spiro atoms. The molecule has 0 radical (unpaired) electrons. The molecule has 1 unspecified atom stereocenters. The Hall–Kier alpha value is -3.53. The summed E-state index contributed by atoms with van der Waals surface area (Å²) in [7, 11) is 0. The van der Waals surface area contributed by atoms with Gasteiger partial charge in [-0.1, -0.05) is 37.3 Å². The normalized spacial score (nSPS) is 18.5. The number of nitrogens with zero attached hydrogens (tertiary/aromatic N) is 3. The fourth-order valence-corrected chi connectivity index (χ4v) is 4.62. The average molecular weight is 439 g/mol. The second-order valence-corrected chi connectivity index (χ2v) is 8.57. The van der Waals surface area contributed by atoms with Gasteiger partial charge in [0.05, 0.1) is 11.7 Å². The van der Waals surface area contributed by atoms with Crippen LogP contribution in [0, 0.1) is 6.92 Å². The van der Waals surface area contributed by atoms with E-state index >= 15 is 0 Å². The van der Waals surface area contributed by atoms with Gasteiger partial charge < -0.3 is 5.32 Å². The Labute approximate surface area is 181 Å². The molecule has 9 nitrogen and oxygen atoms in total. The lowest BCUT2D eigenvalue weighted by Crippen LogP contribution is -2.49. The molecule has 1 aliphatic heterocycles. The van der Waals surface area contributed by atoms with E-state index in [9.17, 15) is 19.2 Å². The molecule has 1 saturated heterocycles. The number of aromatic nitrogens is 2. The molecule has 2 N–H and O–H groups in total. The summed E-state index contributed by atoms with van der Waals surface area (Å²) in [4.78, 5) is 55.9. The van der Waals surface area contributed by atoms with Crippen molar-refractivity contribution in [2.75, 3.05) is 0 Å². The highest BCUT2D eigenvalue weighted by molar-refractivity contribution is 7.22. The zero-order valence-electron chi connectivity index (χ0n) is 17.3. The molecule has 2 aromatic heterocycles.